The molecule has 2 atom stereocenters. The summed E-state index contributed by atoms with van der Waals surface area (Å²) in [5.41, 5.74) is 0.942. The highest BCUT2D eigenvalue weighted by Crippen LogP contribution is 2.15. The van der Waals surface area contributed by atoms with Crippen molar-refractivity contribution in [3.05, 3.63) is 35.9 Å². The molecule has 1 aliphatic rings. The van der Waals surface area contributed by atoms with Gasteiger partial charge >= 0.3 is 0 Å². The molecule has 1 aromatic rings. The number of hydrogen-bond donors (Lipinski definition) is 3. The van der Waals surface area contributed by atoms with Crippen LogP contribution >= 0.6 is 0 Å². The van der Waals surface area contributed by atoms with Crippen LogP contribution in [0.4, 0.5) is 0 Å². The van der Waals surface area contributed by atoms with Crippen molar-refractivity contribution in [3.63, 3.8) is 0 Å². The lowest BCUT2D eigenvalue weighted by Crippen LogP contribution is -2.42. The summed E-state index contributed by atoms with van der Waals surface area (Å²) in [6, 6.07) is 9.27. The van der Waals surface area contributed by atoms with Crippen LogP contribution in [0.1, 0.15) is 24.4 Å². The first kappa shape index (κ1) is 13.1. The molecular weight excluding hydrogens is 228 g/mol. The summed E-state index contributed by atoms with van der Waals surface area (Å²) in [6.07, 6.45) is 1.96. The predicted molar refractivity (Wildman–Crippen MR) is 70.0 cm³/mol. The van der Waals surface area contributed by atoms with Gasteiger partial charge < -0.3 is 15.7 Å². The average Bonchev–Trinajstić information content (AvgIpc) is 2.46. The predicted octanol–water partition coefficient (Wildman–Crippen LogP) is 0.836. The van der Waals surface area contributed by atoms with Gasteiger partial charge in [0, 0.05) is 6.54 Å². The van der Waals surface area contributed by atoms with E-state index in [1.54, 1.807) is 0 Å². The van der Waals surface area contributed by atoms with Gasteiger partial charge in [-0.2, -0.15) is 0 Å². The average molecular weight is 248 g/mol. The van der Waals surface area contributed by atoms with E-state index in [4.69, 9.17) is 0 Å². The normalized spacial score (nSPS) is 21.3. The molecule has 0 saturated carbocycles. The molecule has 1 aliphatic heterocycles. The zero-order valence-corrected chi connectivity index (χ0v) is 10.4. The zero-order valence-electron chi connectivity index (χ0n) is 10.4. The summed E-state index contributed by atoms with van der Waals surface area (Å²) in [5.74, 6) is 0.0571. The third-order valence-corrected chi connectivity index (χ3v) is 3.37. The number of piperidine rings is 1. The van der Waals surface area contributed by atoms with Crippen LogP contribution in [0.3, 0.4) is 0 Å². The lowest BCUT2D eigenvalue weighted by Gasteiger charge is -2.25. The number of hydrogen-bond acceptors (Lipinski definition) is 3. The van der Waals surface area contributed by atoms with Crippen molar-refractivity contribution in [3.8, 4) is 0 Å². The summed E-state index contributed by atoms with van der Waals surface area (Å²) in [6.45, 7) is 1.65. The molecule has 98 valence electrons. The van der Waals surface area contributed by atoms with Crippen LogP contribution in [0, 0.1) is 5.92 Å². The van der Waals surface area contributed by atoms with Crippen LogP contribution in [0.15, 0.2) is 30.3 Å². The van der Waals surface area contributed by atoms with Gasteiger partial charge in [-0.1, -0.05) is 30.3 Å². The number of carbonyl (C=O) groups is 1. The van der Waals surface area contributed by atoms with E-state index in [0.29, 0.717) is 0 Å². The summed E-state index contributed by atoms with van der Waals surface area (Å²) < 4.78 is 0. The zero-order chi connectivity index (χ0) is 12.8. The molecular formula is C14H20N2O2. The van der Waals surface area contributed by atoms with E-state index < -0.39 is 0 Å². The molecule has 1 heterocycles. The molecule has 1 aromatic carbocycles. The van der Waals surface area contributed by atoms with Gasteiger partial charge in [0.15, 0.2) is 0 Å². The van der Waals surface area contributed by atoms with E-state index in [1.165, 1.54) is 0 Å². The first-order valence-electron chi connectivity index (χ1n) is 6.48. The molecule has 0 unspecified atom stereocenters. The summed E-state index contributed by atoms with van der Waals surface area (Å²) in [4.78, 5) is 12.1. The van der Waals surface area contributed by atoms with Gasteiger partial charge in [-0.05, 0) is 24.9 Å². The van der Waals surface area contributed by atoms with Gasteiger partial charge in [-0.15, -0.1) is 0 Å². The van der Waals surface area contributed by atoms with E-state index in [1.807, 2.05) is 30.3 Å². The second kappa shape index (κ2) is 6.52. The third-order valence-electron chi connectivity index (χ3n) is 3.37. The largest absolute Gasteiger partial charge is 0.394 e. The first-order chi connectivity index (χ1) is 8.81. The number of nitrogens with one attached hydrogen (secondary N) is 2. The van der Waals surface area contributed by atoms with Crippen LogP contribution in [-0.4, -0.2) is 30.7 Å². The fourth-order valence-electron chi connectivity index (χ4n) is 2.28. The van der Waals surface area contributed by atoms with Gasteiger partial charge in [0.25, 0.3) is 0 Å². The molecule has 4 nitrogen and oxygen atoms in total. The van der Waals surface area contributed by atoms with Crippen molar-refractivity contribution in [1.29, 1.82) is 0 Å². The summed E-state index contributed by atoms with van der Waals surface area (Å²) in [7, 11) is 0. The maximum Gasteiger partial charge on any atom is 0.224 e. The Labute approximate surface area is 107 Å². The number of rotatable bonds is 4. The SMILES string of the molecule is O=C(N[C@@H](CO)c1ccccc1)[C@@H]1CCCNC1. The Morgan fingerprint density at radius 1 is 1.44 bits per heavy atom. The number of aliphatic hydroxyl groups excluding tert-OH is 1. The van der Waals surface area contributed by atoms with Crippen LogP contribution in [0.25, 0.3) is 0 Å². The van der Waals surface area contributed by atoms with Crippen molar-refractivity contribution in [1.82, 2.24) is 10.6 Å². The van der Waals surface area contributed by atoms with E-state index in [-0.39, 0.29) is 24.5 Å². The Hall–Kier alpha value is -1.39. The van der Waals surface area contributed by atoms with Gasteiger partial charge in [0.05, 0.1) is 18.6 Å². The molecule has 0 bridgehead atoms. The van der Waals surface area contributed by atoms with Crippen LogP contribution < -0.4 is 10.6 Å². The molecule has 1 saturated heterocycles. The minimum atomic E-state index is -0.305. The Bertz CT molecular complexity index is 375. The highest BCUT2D eigenvalue weighted by Gasteiger charge is 2.23. The van der Waals surface area contributed by atoms with Crippen molar-refractivity contribution in [2.24, 2.45) is 5.92 Å². The minimum absolute atomic E-state index is 0.0245. The van der Waals surface area contributed by atoms with E-state index >= 15 is 0 Å². The topological polar surface area (TPSA) is 61.4 Å². The minimum Gasteiger partial charge on any atom is -0.394 e. The smallest absolute Gasteiger partial charge is 0.224 e. The van der Waals surface area contributed by atoms with Gasteiger partial charge in [0.1, 0.15) is 0 Å². The molecule has 2 rings (SSSR count). The summed E-state index contributed by atoms with van der Waals surface area (Å²) in [5, 5.41) is 15.5. The second-order valence-corrected chi connectivity index (χ2v) is 4.70. The molecule has 3 N–H and O–H groups in total. The lowest BCUT2D eigenvalue weighted by atomic mass is 9.98. The van der Waals surface area contributed by atoms with E-state index in [0.717, 1.165) is 31.5 Å². The molecule has 0 radical (unpaired) electrons. The second-order valence-electron chi connectivity index (χ2n) is 4.70. The Morgan fingerprint density at radius 2 is 2.22 bits per heavy atom. The van der Waals surface area contributed by atoms with E-state index in [2.05, 4.69) is 10.6 Å². The highest BCUT2D eigenvalue weighted by atomic mass is 16.3. The Morgan fingerprint density at radius 3 is 2.83 bits per heavy atom. The molecule has 1 fully saturated rings. The standard InChI is InChI=1S/C14H20N2O2/c17-10-13(11-5-2-1-3-6-11)16-14(18)12-7-4-8-15-9-12/h1-3,5-6,12-13,15,17H,4,7-10H2,(H,16,18)/t12-,13+/m1/s1. The molecule has 18 heavy (non-hydrogen) atoms. The molecule has 0 spiro atoms. The fourth-order valence-corrected chi connectivity index (χ4v) is 2.28. The van der Waals surface area contributed by atoms with Crippen molar-refractivity contribution >= 4 is 5.91 Å². The molecule has 0 aliphatic carbocycles. The first-order valence-corrected chi connectivity index (χ1v) is 6.48. The maximum atomic E-state index is 12.1. The van der Waals surface area contributed by atoms with Crippen LogP contribution in [0.2, 0.25) is 0 Å². The number of amides is 1. The van der Waals surface area contributed by atoms with Crippen molar-refractivity contribution < 1.29 is 9.90 Å². The summed E-state index contributed by atoms with van der Waals surface area (Å²) >= 11 is 0. The Kier molecular flexibility index (Phi) is 4.73. The van der Waals surface area contributed by atoms with Crippen LogP contribution in [0.5, 0.6) is 0 Å². The van der Waals surface area contributed by atoms with Crippen LogP contribution in [-0.2, 0) is 4.79 Å². The quantitative estimate of drug-likeness (QED) is 0.740. The molecule has 0 aromatic heterocycles. The number of carbonyl (C=O) groups excluding carboxylic acids is 1. The van der Waals surface area contributed by atoms with Crippen molar-refractivity contribution in [2.75, 3.05) is 19.7 Å². The molecule has 1 amide bonds. The molecule has 4 heteroatoms. The van der Waals surface area contributed by atoms with Gasteiger partial charge in [0.2, 0.25) is 5.91 Å². The maximum absolute atomic E-state index is 12.1. The fraction of sp³-hybridized carbons (Fsp3) is 0.500. The number of aliphatic hydroxyl groups is 1. The van der Waals surface area contributed by atoms with Gasteiger partial charge in [-0.3, -0.25) is 4.79 Å². The third kappa shape index (κ3) is 3.31. The van der Waals surface area contributed by atoms with Crippen molar-refractivity contribution in [2.45, 2.75) is 18.9 Å². The van der Waals surface area contributed by atoms with E-state index in [9.17, 15) is 9.90 Å². The van der Waals surface area contributed by atoms with Gasteiger partial charge in [-0.25, -0.2) is 0 Å². The lowest BCUT2D eigenvalue weighted by molar-refractivity contribution is -0.126. The highest BCUT2D eigenvalue weighted by molar-refractivity contribution is 5.79. The number of benzene rings is 1. The monoisotopic (exact) mass is 248 g/mol. The Balaban J connectivity index is 1.95.